The molecule has 1 aromatic rings. The molecule has 0 amide bonds. The minimum Gasteiger partial charge on any atom is -0.391 e. The third kappa shape index (κ3) is 2.05. The molecule has 0 aromatic heterocycles. The van der Waals surface area contributed by atoms with E-state index in [1.807, 2.05) is 0 Å². The van der Waals surface area contributed by atoms with E-state index in [2.05, 4.69) is 0 Å². The van der Waals surface area contributed by atoms with Gasteiger partial charge in [0.1, 0.15) is 5.82 Å². The Bertz CT molecular complexity index is 341. The molecule has 1 rings (SSSR count). The first-order valence-corrected chi connectivity index (χ1v) is 4.01. The van der Waals surface area contributed by atoms with Gasteiger partial charge in [0, 0.05) is 11.6 Å². The fourth-order valence-electron chi connectivity index (χ4n) is 1.05. The smallest absolute Gasteiger partial charge is 0.161 e. The molecule has 0 aliphatic carbocycles. The van der Waals surface area contributed by atoms with E-state index < -0.39 is 29.6 Å². The first kappa shape index (κ1) is 11.0. The molecule has 78 valence electrons. The Kier molecular flexibility index (Phi) is 3.13. The van der Waals surface area contributed by atoms with Gasteiger partial charge in [-0.3, -0.25) is 0 Å². The predicted octanol–water partition coefficient (Wildman–Crippen LogP) is 1.48. The second kappa shape index (κ2) is 3.98. The van der Waals surface area contributed by atoms with Crippen LogP contribution in [0.1, 0.15) is 18.5 Å². The van der Waals surface area contributed by atoms with Gasteiger partial charge in [0.05, 0.1) is 12.1 Å². The van der Waals surface area contributed by atoms with Crippen molar-refractivity contribution in [3.63, 3.8) is 0 Å². The Morgan fingerprint density at radius 1 is 1.14 bits per heavy atom. The molecule has 0 radical (unpaired) electrons. The van der Waals surface area contributed by atoms with Crippen molar-refractivity contribution in [3.05, 3.63) is 35.1 Å². The maximum Gasteiger partial charge on any atom is 0.161 e. The van der Waals surface area contributed by atoms with Gasteiger partial charge in [-0.1, -0.05) is 0 Å². The Morgan fingerprint density at radius 2 is 1.64 bits per heavy atom. The van der Waals surface area contributed by atoms with Crippen molar-refractivity contribution in [1.82, 2.24) is 0 Å². The van der Waals surface area contributed by atoms with E-state index in [4.69, 9.17) is 10.8 Å². The highest BCUT2D eigenvalue weighted by Crippen LogP contribution is 2.20. The van der Waals surface area contributed by atoms with Crippen LogP contribution in [-0.2, 0) is 0 Å². The van der Waals surface area contributed by atoms with Crippen LogP contribution in [0.3, 0.4) is 0 Å². The average Bonchev–Trinajstić information content (AvgIpc) is 2.10. The summed E-state index contributed by atoms with van der Waals surface area (Å²) in [5.41, 5.74) is 5.14. The van der Waals surface area contributed by atoms with Gasteiger partial charge in [-0.25, -0.2) is 13.2 Å². The normalized spacial score (nSPS) is 15.3. The molecule has 2 atom stereocenters. The summed E-state index contributed by atoms with van der Waals surface area (Å²) in [5.74, 6) is -3.42. The van der Waals surface area contributed by atoms with Gasteiger partial charge in [-0.15, -0.1) is 0 Å². The van der Waals surface area contributed by atoms with Gasteiger partial charge in [0.25, 0.3) is 0 Å². The van der Waals surface area contributed by atoms with E-state index in [1.165, 1.54) is 6.92 Å². The van der Waals surface area contributed by atoms with Crippen LogP contribution in [-0.4, -0.2) is 11.2 Å². The lowest BCUT2D eigenvalue weighted by Crippen LogP contribution is -2.24. The summed E-state index contributed by atoms with van der Waals surface area (Å²) in [6, 6.07) is -0.000278. The monoisotopic (exact) mass is 205 g/mol. The van der Waals surface area contributed by atoms with Crippen molar-refractivity contribution in [2.24, 2.45) is 5.73 Å². The van der Waals surface area contributed by atoms with E-state index in [-0.39, 0.29) is 5.56 Å². The second-order valence-electron chi connectivity index (χ2n) is 3.05. The summed E-state index contributed by atoms with van der Waals surface area (Å²) in [5, 5.41) is 9.05. The Labute approximate surface area is 79.2 Å². The minimum absolute atomic E-state index is 0.237. The quantitative estimate of drug-likeness (QED) is 0.718. The maximum atomic E-state index is 13.0. The Hall–Kier alpha value is -1.07. The zero-order valence-corrected chi connectivity index (χ0v) is 7.47. The molecule has 0 bridgehead atoms. The van der Waals surface area contributed by atoms with Crippen LogP contribution in [0.4, 0.5) is 13.2 Å². The number of rotatable bonds is 2. The number of benzene rings is 1. The molecule has 0 saturated heterocycles. The van der Waals surface area contributed by atoms with E-state index in [1.54, 1.807) is 0 Å². The maximum absolute atomic E-state index is 13.0. The molecule has 3 N–H and O–H groups in total. The largest absolute Gasteiger partial charge is 0.391 e. The molecular formula is C9H10F3NO. The summed E-state index contributed by atoms with van der Waals surface area (Å²) in [4.78, 5) is 0. The number of halogens is 3. The van der Waals surface area contributed by atoms with Gasteiger partial charge in [-0.2, -0.15) is 0 Å². The van der Waals surface area contributed by atoms with E-state index in [0.717, 1.165) is 0 Å². The number of hydrogen-bond donors (Lipinski definition) is 2. The SMILES string of the molecule is C[C@@H](O)[C@H](N)c1cc(F)c(F)cc1F. The topological polar surface area (TPSA) is 46.2 Å². The molecular weight excluding hydrogens is 195 g/mol. The first-order chi connectivity index (χ1) is 6.43. The minimum atomic E-state index is -1.27. The average molecular weight is 205 g/mol. The highest BCUT2D eigenvalue weighted by molar-refractivity contribution is 5.23. The Balaban J connectivity index is 3.15. The van der Waals surface area contributed by atoms with Crippen molar-refractivity contribution in [1.29, 1.82) is 0 Å². The van der Waals surface area contributed by atoms with Crippen molar-refractivity contribution in [2.45, 2.75) is 19.1 Å². The molecule has 0 unspecified atom stereocenters. The van der Waals surface area contributed by atoms with E-state index in [0.29, 0.717) is 12.1 Å². The number of aliphatic hydroxyl groups excluding tert-OH is 1. The van der Waals surface area contributed by atoms with Gasteiger partial charge in [0.2, 0.25) is 0 Å². The molecule has 0 saturated carbocycles. The second-order valence-corrected chi connectivity index (χ2v) is 3.05. The lowest BCUT2D eigenvalue weighted by Gasteiger charge is -2.15. The molecule has 2 nitrogen and oxygen atoms in total. The highest BCUT2D eigenvalue weighted by Gasteiger charge is 2.19. The predicted molar refractivity (Wildman–Crippen MR) is 44.9 cm³/mol. The first-order valence-electron chi connectivity index (χ1n) is 4.01. The summed E-state index contributed by atoms with van der Waals surface area (Å²) in [7, 11) is 0. The fourth-order valence-corrected chi connectivity index (χ4v) is 1.05. The van der Waals surface area contributed by atoms with Crippen LogP contribution >= 0.6 is 0 Å². The summed E-state index contributed by atoms with van der Waals surface area (Å²) >= 11 is 0. The van der Waals surface area contributed by atoms with Gasteiger partial charge in [0.15, 0.2) is 11.6 Å². The number of nitrogens with two attached hydrogens (primary N) is 1. The third-order valence-electron chi connectivity index (χ3n) is 1.92. The van der Waals surface area contributed by atoms with Crippen molar-refractivity contribution in [2.75, 3.05) is 0 Å². The standard InChI is InChI=1S/C9H10F3NO/c1-4(14)9(13)5-2-7(11)8(12)3-6(5)10/h2-4,9,14H,13H2,1H3/t4-,9+/m1/s1. The summed E-state index contributed by atoms with van der Waals surface area (Å²) in [6.45, 7) is 1.34. The van der Waals surface area contributed by atoms with Crippen LogP contribution in [0.5, 0.6) is 0 Å². The van der Waals surface area contributed by atoms with Gasteiger partial charge >= 0.3 is 0 Å². The van der Waals surface area contributed by atoms with Crippen LogP contribution in [0.25, 0.3) is 0 Å². The summed E-state index contributed by atoms with van der Waals surface area (Å²) < 4.78 is 38.3. The number of aliphatic hydroxyl groups is 1. The van der Waals surface area contributed by atoms with Crippen molar-refractivity contribution < 1.29 is 18.3 Å². The molecule has 0 spiro atoms. The molecule has 5 heteroatoms. The van der Waals surface area contributed by atoms with Crippen molar-refractivity contribution >= 4 is 0 Å². The van der Waals surface area contributed by atoms with Crippen LogP contribution in [0.2, 0.25) is 0 Å². The lowest BCUT2D eigenvalue weighted by molar-refractivity contribution is 0.162. The molecule has 1 aromatic carbocycles. The molecule has 0 aliphatic rings. The summed E-state index contributed by atoms with van der Waals surface area (Å²) in [6.07, 6.45) is -1.03. The molecule has 0 aliphatic heterocycles. The van der Waals surface area contributed by atoms with Gasteiger partial charge < -0.3 is 10.8 Å². The highest BCUT2D eigenvalue weighted by atomic mass is 19.2. The molecule has 14 heavy (non-hydrogen) atoms. The van der Waals surface area contributed by atoms with Crippen LogP contribution < -0.4 is 5.73 Å². The van der Waals surface area contributed by atoms with E-state index >= 15 is 0 Å². The van der Waals surface area contributed by atoms with Gasteiger partial charge in [-0.05, 0) is 13.0 Å². The van der Waals surface area contributed by atoms with Crippen molar-refractivity contribution in [3.8, 4) is 0 Å². The fraction of sp³-hybridized carbons (Fsp3) is 0.333. The zero-order valence-electron chi connectivity index (χ0n) is 7.47. The van der Waals surface area contributed by atoms with Crippen LogP contribution in [0.15, 0.2) is 12.1 Å². The Morgan fingerprint density at radius 3 is 2.14 bits per heavy atom. The third-order valence-corrected chi connectivity index (χ3v) is 1.92. The van der Waals surface area contributed by atoms with Crippen LogP contribution in [0, 0.1) is 17.5 Å². The lowest BCUT2D eigenvalue weighted by atomic mass is 10.0. The molecule has 0 heterocycles. The van der Waals surface area contributed by atoms with E-state index in [9.17, 15) is 13.2 Å². The zero-order chi connectivity index (χ0) is 10.9. The number of hydrogen-bond acceptors (Lipinski definition) is 2. The molecule has 0 fully saturated rings.